The van der Waals surface area contributed by atoms with E-state index < -0.39 is 0 Å². The molecule has 3 rings (SSSR count). The number of benzene rings is 1. The van der Waals surface area contributed by atoms with E-state index in [1.807, 2.05) is 26.8 Å². The zero-order chi connectivity index (χ0) is 17.3. The summed E-state index contributed by atoms with van der Waals surface area (Å²) < 4.78 is 0. The van der Waals surface area contributed by atoms with Gasteiger partial charge in [0.2, 0.25) is 5.91 Å². The predicted molar refractivity (Wildman–Crippen MR) is 94.5 cm³/mol. The standard InChI is InChI=1S/C16H17N5O2S/c1-8-6-11-14(21-15(23)19-11)13(10(8)3)20-12(22)7-24-16-17-5-4-9(2)18-16/h4-6H,7H2,1-3H3,(H,20,22)(H2,19,21,23). The number of H-pyrrole nitrogens is 2. The van der Waals surface area contributed by atoms with E-state index in [4.69, 9.17) is 0 Å². The van der Waals surface area contributed by atoms with E-state index in [1.54, 1.807) is 12.3 Å². The smallest absolute Gasteiger partial charge is 0.323 e. The van der Waals surface area contributed by atoms with Crippen LogP contribution in [-0.2, 0) is 4.79 Å². The molecule has 24 heavy (non-hydrogen) atoms. The lowest BCUT2D eigenvalue weighted by molar-refractivity contribution is -0.113. The molecule has 0 atom stereocenters. The average molecular weight is 343 g/mol. The Bertz CT molecular complexity index is 976. The third-order valence-electron chi connectivity index (χ3n) is 3.70. The van der Waals surface area contributed by atoms with E-state index in [0.29, 0.717) is 21.9 Å². The maximum Gasteiger partial charge on any atom is 0.323 e. The lowest BCUT2D eigenvalue weighted by Gasteiger charge is -2.11. The summed E-state index contributed by atoms with van der Waals surface area (Å²) in [5.41, 5.74) is 4.37. The molecular formula is C16H17N5O2S. The van der Waals surface area contributed by atoms with Gasteiger partial charge < -0.3 is 15.3 Å². The largest absolute Gasteiger partial charge is 0.323 e. The quantitative estimate of drug-likeness (QED) is 0.498. The fourth-order valence-electron chi connectivity index (χ4n) is 2.37. The van der Waals surface area contributed by atoms with Crippen LogP contribution in [0.15, 0.2) is 28.3 Å². The zero-order valence-corrected chi connectivity index (χ0v) is 14.4. The number of hydrogen-bond acceptors (Lipinski definition) is 5. The summed E-state index contributed by atoms with van der Waals surface area (Å²) in [7, 11) is 0. The Labute approximate surface area is 142 Å². The van der Waals surface area contributed by atoms with Gasteiger partial charge in [0.1, 0.15) is 0 Å². The Morgan fingerprint density at radius 1 is 1.29 bits per heavy atom. The SMILES string of the molecule is Cc1ccnc(SCC(=O)Nc2c(C)c(C)cc3[nH]c(=O)[nH]c23)n1. The Balaban J connectivity index is 1.80. The molecule has 0 radical (unpaired) electrons. The van der Waals surface area contributed by atoms with Gasteiger partial charge in [0.25, 0.3) is 0 Å². The number of aryl methyl sites for hydroxylation is 2. The molecule has 0 saturated carbocycles. The highest BCUT2D eigenvalue weighted by Gasteiger charge is 2.14. The third kappa shape index (κ3) is 3.33. The Kier molecular flexibility index (Phi) is 4.39. The molecule has 7 nitrogen and oxygen atoms in total. The molecule has 0 spiro atoms. The second-order valence-corrected chi connectivity index (χ2v) is 6.46. The molecule has 0 aliphatic heterocycles. The number of anilines is 1. The lowest BCUT2D eigenvalue weighted by atomic mass is 10.1. The summed E-state index contributed by atoms with van der Waals surface area (Å²) in [6.45, 7) is 5.72. The van der Waals surface area contributed by atoms with Crippen molar-refractivity contribution in [3.8, 4) is 0 Å². The Hall–Kier alpha value is -2.61. The van der Waals surface area contributed by atoms with Gasteiger partial charge in [-0.15, -0.1) is 0 Å². The van der Waals surface area contributed by atoms with Crippen LogP contribution in [0, 0.1) is 20.8 Å². The van der Waals surface area contributed by atoms with Gasteiger partial charge in [0.05, 0.1) is 22.5 Å². The van der Waals surface area contributed by atoms with E-state index in [-0.39, 0.29) is 17.3 Å². The van der Waals surface area contributed by atoms with Crippen molar-refractivity contribution >= 4 is 34.4 Å². The van der Waals surface area contributed by atoms with Gasteiger partial charge in [-0.25, -0.2) is 14.8 Å². The van der Waals surface area contributed by atoms with Crippen LogP contribution < -0.4 is 11.0 Å². The summed E-state index contributed by atoms with van der Waals surface area (Å²) in [6.07, 6.45) is 1.67. The number of imidazole rings is 1. The second-order valence-electron chi connectivity index (χ2n) is 5.51. The van der Waals surface area contributed by atoms with E-state index in [0.717, 1.165) is 16.8 Å². The number of carbonyl (C=O) groups is 1. The van der Waals surface area contributed by atoms with E-state index in [9.17, 15) is 9.59 Å². The average Bonchev–Trinajstić information content (AvgIpc) is 2.90. The van der Waals surface area contributed by atoms with Gasteiger partial charge in [-0.1, -0.05) is 11.8 Å². The molecule has 0 unspecified atom stereocenters. The first-order valence-electron chi connectivity index (χ1n) is 7.38. The highest BCUT2D eigenvalue weighted by molar-refractivity contribution is 7.99. The van der Waals surface area contributed by atoms with Crippen LogP contribution in [0.1, 0.15) is 16.8 Å². The predicted octanol–water partition coefficient (Wildman–Crippen LogP) is 2.30. The van der Waals surface area contributed by atoms with Gasteiger partial charge in [0, 0.05) is 11.9 Å². The minimum Gasteiger partial charge on any atom is -0.323 e. The molecule has 1 amide bonds. The van der Waals surface area contributed by atoms with Crippen LogP contribution in [0.3, 0.4) is 0 Å². The van der Waals surface area contributed by atoms with Crippen molar-refractivity contribution in [2.75, 3.05) is 11.1 Å². The third-order valence-corrected chi connectivity index (χ3v) is 4.56. The molecule has 124 valence electrons. The van der Waals surface area contributed by atoms with E-state index in [1.165, 1.54) is 11.8 Å². The molecule has 3 N–H and O–H groups in total. The lowest BCUT2D eigenvalue weighted by Crippen LogP contribution is -2.16. The topological polar surface area (TPSA) is 104 Å². The van der Waals surface area contributed by atoms with Crippen molar-refractivity contribution in [3.05, 3.63) is 45.6 Å². The van der Waals surface area contributed by atoms with Crippen molar-refractivity contribution in [2.24, 2.45) is 0 Å². The first-order valence-corrected chi connectivity index (χ1v) is 8.37. The normalized spacial score (nSPS) is 11.0. The van der Waals surface area contributed by atoms with Gasteiger partial charge in [-0.05, 0) is 44.0 Å². The van der Waals surface area contributed by atoms with E-state index >= 15 is 0 Å². The molecule has 2 aromatic heterocycles. The Morgan fingerprint density at radius 2 is 2.08 bits per heavy atom. The van der Waals surface area contributed by atoms with E-state index in [2.05, 4.69) is 25.3 Å². The summed E-state index contributed by atoms with van der Waals surface area (Å²) in [5.74, 6) is 0.00892. The summed E-state index contributed by atoms with van der Waals surface area (Å²) in [6, 6.07) is 3.69. The molecule has 0 aliphatic rings. The number of carbonyl (C=O) groups excluding carboxylic acids is 1. The van der Waals surface area contributed by atoms with Crippen LogP contribution in [0.5, 0.6) is 0 Å². The molecule has 2 heterocycles. The Morgan fingerprint density at radius 3 is 2.83 bits per heavy atom. The highest BCUT2D eigenvalue weighted by atomic mass is 32.2. The molecular weight excluding hydrogens is 326 g/mol. The molecule has 3 aromatic rings. The summed E-state index contributed by atoms with van der Waals surface area (Å²) >= 11 is 1.27. The van der Waals surface area contributed by atoms with Crippen LogP contribution >= 0.6 is 11.8 Å². The number of hydrogen-bond donors (Lipinski definition) is 3. The first kappa shape index (κ1) is 16.3. The molecule has 1 aromatic carbocycles. The number of aromatic amines is 2. The van der Waals surface area contributed by atoms with Crippen molar-refractivity contribution < 1.29 is 4.79 Å². The van der Waals surface area contributed by atoms with Gasteiger partial charge in [-0.2, -0.15) is 0 Å². The number of thioether (sulfide) groups is 1. The zero-order valence-electron chi connectivity index (χ0n) is 13.6. The number of nitrogens with one attached hydrogen (secondary N) is 3. The molecule has 0 aliphatic carbocycles. The number of nitrogens with zero attached hydrogens (tertiary/aromatic N) is 2. The minimum atomic E-state index is -0.298. The fourth-order valence-corrected chi connectivity index (χ4v) is 3.05. The molecule has 0 fully saturated rings. The number of amides is 1. The van der Waals surface area contributed by atoms with Crippen molar-refractivity contribution in [3.63, 3.8) is 0 Å². The second kappa shape index (κ2) is 6.48. The maximum absolute atomic E-state index is 12.3. The van der Waals surface area contributed by atoms with Crippen molar-refractivity contribution in [1.82, 2.24) is 19.9 Å². The number of rotatable bonds is 4. The first-order chi connectivity index (χ1) is 11.4. The maximum atomic E-state index is 12.3. The monoisotopic (exact) mass is 343 g/mol. The number of aromatic nitrogens is 4. The van der Waals surface area contributed by atoms with Crippen LogP contribution in [-0.4, -0.2) is 31.6 Å². The minimum absolute atomic E-state index is 0.179. The number of fused-ring (bicyclic) bond motifs is 1. The summed E-state index contributed by atoms with van der Waals surface area (Å²) in [5, 5.41) is 3.45. The van der Waals surface area contributed by atoms with Crippen LogP contribution in [0.2, 0.25) is 0 Å². The molecule has 0 bridgehead atoms. The van der Waals surface area contributed by atoms with Crippen LogP contribution in [0.25, 0.3) is 11.0 Å². The van der Waals surface area contributed by atoms with Crippen molar-refractivity contribution in [2.45, 2.75) is 25.9 Å². The van der Waals surface area contributed by atoms with Gasteiger partial charge >= 0.3 is 5.69 Å². The van der Waals surface area contributed by atoms with Gasteiger partial charge in [0.15, 0.2) is 5.16 Å². The fraction of sp³-hybridized carbons (Fsp3) is 0.250. The highest BCUT2D eigenvalue weighted by Crippen LogP contribution is 2.27. The van der Waals surface area contributed by atoms with Crippen molar-refractivity contribution in [1.29, 1.82) is 0 Å². The molecule has 0 saturated heterocycles. The van der Waals surface area contributed by atoms with Gasteiger partial charge in [-0.3, -0.25) is 4.79 Å². The summed E-state index contributed by atoms with van der Waals surface area (Å²) in [4.78, 5) is 37.7. The van der Waals surface area contributed by atoms with Crippen LogP contribution in [0.4, 0.5) is 5.69 Å². The molecule has 8 heteroatoms.